The Morgan fingerprint density at radius 1 is 0.808 bits per heavy atom. The first kappa shape index (κ1) is 17.2. The van der Waals surface area contributed by atoms with E-state index >= 15 is 0 Å². The van der Waals surface area contributed by atoms with Crippen LogP contribution >= 0.6 is 0 Å². The zero-order valence-corrected chi connectivity index (χ0v) is 13.9. The summed E-state index contributed by atoms with van der Waals surface area (Å²) in [6.45, 7) is -0.163. The number of primary amides is 1. The summed E-state index contributed by atoms with van der Waals surface area (Å²) in [7, 11) is 0. The summed E-state index contributed by atoms with van der Waals surface area (Å²) >= 11 is 0. The van der Waals surface area contributed by atoms with Gasteiger partial charge in [0.15, 0.2) is 0 Å². The van der Waals surface area contributed by atoms with Crippen molar-refractivity contribution < 1.29 is 14.4 Å². The van der Waals surface area contributed by atoms with Crippen LogP contribution in [-0.2, 0) is 4.79 Å². The molecule has 0 bridgehead atoms. The smallest absolute Gasteiger partial charge is 0.251 e. The van der Waals surface area contributed by atoms with Crippen LogP contribution in [0.15, 0.2) is 66.7 Å². The van der Waals surface area contributed by atoms with Crippen LogP contribution < -0.4 is 16.4 Å². The quantitative estimate of drug-likeness (QED) is 0.660. The van der Waals surface area contributed by atoms with Gasteiger partial charge in [0.05, 0.1) is 6.54 Å². The monoisotopic (exact) mass is 347 g/mol. The molecule has 3 aromatic carbocycles. The van der Waals surface area contributed by atoms with Crippen LogP contribution in [0.3, 0.4) is 0 Å². The Hall–Kier alpha value is -3.67. The molecule has 0 aliphatic rings. The number of hydrogen-bond acceptors (Lipinski definition) is 3. The minimum atomic E-state index is -0.537. The molecule has 0 saturated carbocycles. The second-order valence-corrected chi connectivity index (χ2v) is 5.73. The molecule has 0 fully saturated rings. The van der Waals surface area contributed by atoms with Crippen LogP contribution in [0, 0.1) is 0 Å². The molecule has 3 rings (SSSR count). The van der Waals surface area contributed by atoms with Crippen molar-refractivity contribution in [2.45, 2.75) is 0 Å². The van der Waals surface area contributed by atoms with E-state index in [0.29, 0.717) is 16.8 Å². The average Bonchev–Trinajstić information content (AvgIpc) is 2.66. The normalized spacial score (nSPS) is 10.3. The number of benzene rings is 3. The van der Waals surface area contributed by atoms with E-state index in [-0.39, 0.29) is 18.4 Å². The van der Waals surface area contributed by atoms with E-state index in [2.05, 4.69) is 10.6 Å². The molecule has 0 heterocycles. The topological polar surface area (TPSA) is 101 Å². The molecule has 0 unspecified atom stereocenters. The SMILES string of the molecule is NC(=O)c1ccc(NC(=O)CNC(=O)c2ccc3ccccc3c2)cc1. The fourth-order valence-corrected chi connectivity index (χ4v) is 2.52. The highest BCUT2D eigenvalue weighted by atomic mass is 16.2. The molecule has 6 heteroatoms. The lowest BCUT2D eigenvalue weighted by Crippen LogP contribution is -2.32. The Morgan fingerprint density at radius 2 is 1.46 bits per heavy atom. The number of nitrogens with one attached hydrogen (secondary N) is 2. The first-order chi connectivity index (χ1) is 12.5. The summed E-state index contributed by atoms with van der Waals surface area (Å²) in [4.78, 5) is 35.2. The van der Waals surface area contributed by atoms with E-state index in [1.807, 2.05) is 30.3 Å². The largest absolute Gasteiger partial charge is 0.366 e. The summed E-state index contributed by atoms with van der Waals surface area (Å²) in [6.07, 6.45) is 0. The number of hydrogen-bond donors (Lipinski definition) is 3. The first-order valence-electron chi connectivity index (χ1n) is 7.99. The van der Waals surface area contributed by atoms with E-state index < -0.39 is 5.91 Å². The minimum absolute atomic E-state index is 0.163. The number of fused-ring (bicyclic) bond motifs is 1. The zero-order valence-electron chi connectivity index (χ0n) is 13.9. The van der Waals surface area contributed by atoms with Gasteiger partial charge in [-0.25, -0.2) is 0 Å². The summed E-state index contributed by atoms with van der Waals surface area (Å²) in [5, 5.41) is 7.23. The maximum atomic E-state index is 12.2. The Morgan fingerprint density at radius 3 is 2.15 bits per heavy atom. The molecule has 0 aliphatic carbocycles. The number of carbonyl (C=O) groups is 3. The fourth-order valence-electron chi connectivity index (χ4n) is 2.52. The Labute approximate surface area is 150 Å². The van der Waals surface area contributed by atoms with E-state index in [1.54, 1.807) is 24.3 Å². The molecular formula is C20H17N3O3. The van der Waals surface area contributed by atoms with Gasteiger partial charge in [-0.2, -0.15) is 0 Å². The highest BCUT2D eigenvalue weighted by molar-refractivity contribution is 6.01. The zero-order chi connectivity index (χ0) is 18.5. The molecule has 6 nitrogen and oxygen atoms in total. The van der Waals surface area contributed by atoms with E-state index in [9.17, 15) is 14.4 Å². The van der Waals surface area contributed by atoms with Crippen molar-refractivity contribution in [3.63, 3.8) is 0 Å². The lowest BCUT2D eigenvalue weighted by atomic mass is 10.1. The second kappa shape index (κ2) is 7.48. The van der Waals surface area contributed by atoms with Crippen molar-refractivity contribution in [2.24, 2.45) is 5.73 Å². The van der Waals surface area contributed by atoms with Crippen molar-refractivity contribution in [2.75, 3.05) is 11.9 Å². The molecule has 0 aliphatic heterocycles. The van der Waals surface area contributed by atoms with Gasteiger partial charge in [-0.1, -0.05) is 30.3 Å². The summed E-state index contributed by atoms with van der Waals surface area (Å²) in [5.74, 6) is -1.23. The lowest BCUT2D eigenvalue weighted by Gasteiger charge is -2.08. The molecule has 3 amide bonds. The van der Waals surface area contributed by atoms with E-state index in [4.69, 9.17) is 5.73 Å². The van der Waals surface area contributed by atoms with Crippen molar-refractivity contribution in [3.05, 3.63) is 77.9 Å². The van der Waals surface area contributed by atoms with Crippen molar-refractivity contribution in [3.8, 4) is 0 Å². The van der Waals surface area contributed by atoms with Gasteiger partial charge in [0, 0.05) is 16.8 Å². The number of nitrogens with two attached hydrogens (primary N) is 1. The first-order valence-corrected chi connectivity index (χ1v) is 7.99. The van der Waals surface area contributed by atoms with Crippen LogP contribution in [0.1, 0.15) is 20.7 Å². The molecule has 0 aromatic heterocycles. The van der Waals surface area contributed by atoms with Crippen LogP contribution in [0.2, 0.25) is 0 Å². The number of anilines is 1. The molecule has 3 aromatic rings. The predicted octanol–water partition coefficient (Wildman–Crippen LogP) is 2.31. The van der Waals surface area contributed by atoms with Crippen molar-refractivity contribution >= 4 is 34.2 Å². The third kappa shape index (κ3) is 4.05. The highest BCUT2D eigenvalue weighted by Crippen LogP contribution is 2.15. The Bertz CT molecular complexity index is 981. The number of rotatable bonds is 5. The van der Waals surface area contributed by atoms with Crippen molar-refractivity contribution in [1.82, 2.24) is 5.32 Å². The van der Waals surface area contributed by atoms with E-state index in [1.165, 1.54) is 12.1 Å². The second-order valence-electron chi connectivity index (χ2n) is 5.73. The van der Waals surface area contributed by atoms with Crippen LogP contribution in [0.25, 0.3) is 10.8 Å². The lowest BCUT2D eigenvalue weighted by molar-refractivity contribution is -0.115. The molecule has 0 atom stereocenters. The highest BCUT2D eigenvalue weighted by Gasteiger charge is 2.09. The van der Waals surface area contributed by atoms with E-state index in [0.717, 1.165) is 10.8 Å². The Kier molecular flexibility index (Phi) is 4.94. The van der Waals surface area contributed by atoms with Crippen molar-refractivity contribution in [1.29, 1.82) is 0 Å². The molecule has 0 radical (unpaired) electrons. The summed E-state index contributed by atoms with van der Waals surface area (Å²) < 4.78 is 0. The fraction of sp³-hybridized carbons (Fsp3) is 0.0500. The number of carbonyl (C=O) groups excluding carboxylic acids is 3. The maximum Gasteiger partial charge on any atom is 0.251 e. The minimum Gasteiger partial charge on any atom is -0.366 e. The summed E-state index contributed by atoms with van der Waals surface area (Å²) in [5.41, 5.74) is 6.52. The van der Waals surface area contributed by atoms with Gasteiger partial charge in [0.25, 0.3) is 5.91 Å². The third-order valence-corrected chi connectivity index (χ3v) is 3.87. The molecule has 0 saturated heterocycles. The number of amides is 3. The van der Waals surface area contributed by atoms with Gasteiger partial charge in [0.2, 0.25) is 11.8 Å². The molecule has 130 valence electrons. The van der Waals surface area contributed by atoms with Crippen LogP contribution in [0.5, 0.6) is 0 Å². The molecule has 26 heavy (non-hydrogen) atoms. The molecular weight excluding hydrogens is 330 g/mol. The Balaban J connectivity index is 1.57. The van der Waals surface area contributed by atoms with Gasteiger partial charge in [-0.3, -0.25) is 14.4 Å². The predicted molar refractivity (Wildman–Crippen MR) is 99.9 cm³/mol. The molecule has 4 N–H and O–H groups in total. The molecule has 0 spiro atoms. The van der Waals surface area contributed by atoms with Gasteiger partial charge >= 0.3 is 0 Å². The van der Waals surface area contributed by atoms with Gasteiger partial charge in [-0.15, -0.1) is 0 Å². The van der Waals surface area contributed by atoms with Crippen LogP contribution in [-0.4, -0.2) is 24.3 Å². The maximum absolute atomic E-state index is 12.2. The van der Waals surface area contributed by atoms with Crippen LogP contribution in [0.4, 0.5) is 5.69 Å². The van der Waals surface area contributed by atoms with Gasteiger partial charge in [-0.05, 0) is 47.2 Å². The summed E-state index contributed by atoms with van der Waals surface area (Å²) in [6, 6.07) is 19.3. The third-order valence-electron chi connectivity index (χ3n) is 3.87. The average molecular weight is 347 g/mol. The van der Waals surface area contributed by atoms with Gasteiger partial charge in [0.1, 0.15) is 0 Å². The van der Waals surface area contributed by atoms with Gasteiger partial charge < -0.3 is 16.4 Å². The standard InChI is InChI=1S/C20H17N3O3/c21-19(25)14-7-9-17(10-8-14)23-18(24)12-22-20(26)16-6-5-13-3-1-2-4-15(13)11-16/h1-11H,12H2,(H2,21,25)(H,22,26)(H,23,24).